The standard InChI is InChI=1S/C26H29N9O3/c1-33-11-7-18(8-12-33)35-16-17(15-28-35)29-25-27-10-6-21(31-25)19-4-3-5-20(30-19)22-14-23(38-32-22)26(37)9-13-34(2)24(26)36/h3-6,10,14-16,18,37H,7-9,11-13H2,1-2H3,(H,27,29,31). The first-order valence-corrected chi connectivity index (χ1v) is 12.6. The summed E-state index contributed by atoms with van der Waals surface area (Å²) < 4.78 is 7.39. The van der Waals surface area contributed by atoms with Crippen molar-refractivity contribution in [1.29, 1.82) is 0 Å². The number of hydrogen-bond acceptors (Lipinski definition) is 10. The SMILES string of the molecule is CN1CCC(n2cc(Nc3nccc(-c4cccc(-c5cc(C6(O)CCN(C)C6=O)on5)n4)n3)cn2)CC1. The number of aromatic nitrogens is 6. The smallest absolute Gasteiger partial charge is 0.262 e. The number of aliphatic hydroxyl groups is 1. The van der Waals surface area contributed by atoms with E-state index in [0.29, 0.717) is 41.3 Å². The van der Waals surface area contributed by atoms with Gasteiger partial charge in [0.25, 0.3) is 5.91 Å². The summed E-state index contributed by atoms with van der Waals surface area (Å²) >= 11 is 0. The van der Waals surface area contributed by atoms with Crippen molar-refractivity contribution in [2.75, 3.05) is 39.0 Å². The second kappa shape index (κ2) is 9.62. The van der Waals surface area contributed by atoms with E-state index in [-0.39, 0.29) is 12.2 Å². The molecule has 0 bridgehead atoms. The Morgan fingerprint density at radius 3 is 2.58 bits per heavy atom. The first kappa shape index (κ1) is 24.2. The van der Waals surface area contributed by atoms with Crippen LogP contribution in [0.4, 0.5) is 11.6 Å². The van der Waals surface area contributed by atoms with E-state index in [1.54, 1.807) is 37.6 Å². The van der Waals surface area contributed by atoms with Crippen LogP contribution in [0.1, 0.15) is 31.1 Å². The molecule has 2 N–H and O–H groups in total. The fourth-order valence-corrected chi connectivity index (χ4v) is 4.95. The molecule has 196 valence electrons. The van der Waals surface area contributed by atoms with E-state index in [2.05, 4.69) is 37.5 Å². The lowest BCUT2D eigenvalue weighted by atomic mass is 9.98. The highest BCUT2D eigenvalue weighted by molar-refractivity contribution is 5.87. The second-order valence-corrected chi connectivity index (χ2v) is 9.96. The van der Waals surface area contributed by atoms with Crippen LogP contribution in [-0.4, -0.2) is 84.4 Å². The molecule has 0 aromatic carbocycles. The van der Waals surface area contributed by atoms with Crippen molar-refractivity contribution in [1.82, 2.24) is 39.7 Å². The molecule has 2 aliphatic rings. The molecule has 2 aliphatic heterocycles. The third kappa shape index (κ3) is 4.52. The van der Waals surface area contributed by atoms with Crippen molar-refractivity contribution in [2.24, 2.45) is 0 Å². The molecule has 4 aromatic heterocycles. The van der Waals surface area contributed by atoms with Crippen molar-refractivity contribution in [3.8, 4) is 22.8 Å². The van der Waals surface area contributed by atoms with Crippen LogP contribution in [-0.2, 0) is 10.4 Å². The van der Waals surface area contributed by atoms with Gasteiger partial charge in [-0.3, -0.25) is 9.48 Å². The molecule has 1 amide bonds. The molecule has 0 spiro atoms. The van der Waals surface area contributed by atoms with E-state index >= 15 is 0 Å². The summed E-state index contributed by atoms with van der Waals surface area (Å²) in [5.74, 6) is 0.149. The van der Waals surface area contributed by atoms with Crippen molar-refractivity contribution < 1.29 is 14.4 Å². The number of nitrogens with zero attached hydrogens (tertiary/aromatic N) is 8. The molecule has 6 rings (SSSR count). The summed E-state index contributed by atoms with van der Waals surface area (Å²) in [5, 5.41) is 22.7. The van der Waals surface area contributed by atoms with Crippen molar-refractivity contribution in [2.45, 2.75) is 30.9 Å². The molecule has 4 aromatic rings. The monoisotopic (exact) mass is 515 g/mol. The van der Waals surface area contributed by atoms with Crippen LogP contribution >= 0.6 is 0 Å². The predicted molar refractivity (Wildman–Crippen MR) is 138 cm³/mol. The van der Waals surface area contributed by atoms with E-state index in [4.69, 9.17) is 9.51 Å². The largest absolute Gasteiger partial charge is 0.373 e. The molecule has 2 fully saturated rings. The van der Waals surface area contributed by atoms with Crippen molar-refractivity contribution >= 4 is 17.5 Å². The lowest BCUT2D eigenvalue weighted by Crippen LogP contribution is -2.35. The lowest BCUT2D eigenvalue weighted by molar-refractivity contribution is -0.144. The number of nitrogens with one attached hydrogen (secondary N) is 1. The highest BCUT2D eigenvalue weighted by Gasteiger charge is 2.48. The summed E-state index contributed by atoms with van der Waals surface area (Å²) in [6.07, 6.45) is 7.85. The maximum absolute atomic E-state index is 12.4. The van der Waals surface area contributed by atoms with Gasteiger partial charge in [0.2, 0.25) is 11.5 Å². The molecule has 2 saturated heterocycles. The zero-order valence-electron chi connectivity index (χ0n) is 21.3. The molecule has 38 heavy (non-hydrogen) atoms. The average Bonchev–Trinajstić information content (AvgIpc) is 3.68. The number of amides is 1. The van der Waals surface area contributed by atoms with Gasteiger partial charge in [0.15, 0.2) is 5.76 Å². The fourth-order valence-electron chi connectivity index (χ4n) is 4.95. The number of carbonyl (C=O) groups is 1. The Bertz CT molecular complexity index is 1460. The Hall–Kier alpha value is -4.16. The molecular formula is C26H29N9O3. The topological polar surface area (TPSA) is 138 Å². The molecule has 0 aliphatic carbocycles. The molecule has 12 heteroatoms. The van der Waals surface area contributed by atoms with Crippen LogP contribution in [0.25, 0.3) is 22.8 Å². The summed E-state index contributed by atoms with van der Waals surface area (Å²) in [6.45, 7) is 2.58. The van der Waals surface area contributed by atoms with Gasteiger partial charge in [-0.05, 0) is 51.2 Å². The Kier molecular flexibility index (Phi) is 6.12. The van der Waals surface area contributed by atoms with Crippen LogP contribution in [0.3, 0.4) is 0 Å². The quantitative estimate of drug-likeness (QED) is 0.394. The molecule has 0 saturated carbocycles. The van der Waals surface area contributed by atoms with Gasteiger partial charge >= 0.3 is 0 Å². The summed E-state index contributed by atoms with van der Waals surface area (Å²) in [6, 6.07) is 9.22. The number of piperidine rings is 1. The van der Waals surface area contributed by atoms with Gasteiger partial charge in [-0.25, -0.2) is 15.0 Å². The van der Waals surface area contributed by atoms with Crippen LogP contribution in [0.15, 0.2) is 53.4 Å². The highest BCUT2D eigenvalue weighted by atomic mass is 16.5. The lowest BCUT2D eigenvalue weighted by Gasteiger charge is -2.28. The van der Waals surface area contributed by atoms with Crippen LogP contribution < -0.4 is 5.32 Å². The predicted octanol–water partition coefficient (Wildman–Crippen LogP) is 2.45. The molecule has 1 atom stereocenters. The van der Waals surface area contributed by atoms with Gasteiger partial charge in [0.05, 0.1) is 35.0 Å². The molecule has 1 unspecified atom stereocenters. The number of hydrogen-bond donors (Lipinski definition) is 2. The van der Waals surface area contributed by atoms with E-state index in [0.717, 1.165) is 31.6 Å². The van der Waals surface area contributed by atoms with E-state index in [9.17, 15) is 9.90 Å². The Morgan fingerprint density at radius 1 is 1.05 bits per heavy atom. The molecule has 12 nitrogen and oxygen atoms in total. The van der Waals surface area contributed by atoms with Gasteiger partial charge in [-0.2, -0.15) is 5.10 Å². The Balaban J connectivity index is 1.19. The molecular weight excluding hydrogens is 486 g/mol. The Morgan fingerprint density at radius 2 is 1.82 bits per heavy atom. The van der Waals surface area contributed by atoms with E-state index in [1.807, 2.05) is 23.0 Å². The second-order valence-electron chi connectivity index (χ2n) is 9.96. The zero-order chi connectivity index (χ0) is 26.3. The minimum atomic E-state index is -1.70. The third-order valence-electron chi connectivity index (χ3n) is 7.28. The summed E-state index contributed by atoms with van der Waals surface area (Å²) in [4.78, 5) is 29.9. The van der Waals surface area contributed by atoms with Crippen LogP contribution in [0.5, 0.6) is 0 Å². The third-order valence-corrected chi connectivity index (χ3v) is 7.28. The van der Waals surface area contributed by atoms with Gasteiger partial charge in [0.1, 0.15) is 5.69 Å². The van der Waals surface area contributed by atoms with E-state index in [1.165, 1.54) is 4.90 Å². The zero-order valence-corrected chi connectivity index (χ0v) is 21.3. The minimum Gasteiger partial charge on any atom is -0.373 e. The average molecular weight is 516 g/mol. The fraction of sp³-hybridized carbons (Fsp3) is 0.385. The first-order chi connectivity index (χ1) is 18.4. The number of likely N-dealkylation sites (tertiary alicyclic amines) is 2. The minimum absolute atomic E-state index is 0.114. The number of rotatable bonds is 6. The van der Waals surface area contributed by atoms with E-state index < -0.39 is 11.5 Å². The van der Waals surface area contributed by atoms with Gasteiger partial charge in [0, 0.05) is 38.5 Å². The summed E-state index contributed by atoms with van der Waals surface area (Å²) in [5.41, 5.74) is 1.32. The number of carbonyl (C=O) groups excluding carboxylic acids is 1. The number of anilines is 2. The van der Waals surface area contributed by atoms with Crippen molar-refractivity contribution in [3.05, 3.63) is 54.7 Å². The molecule has 0 radical (unpaired) electrons. The van der Waals surface area contributed by atoms with Gasteiger partial charge in [-0.15, -0.1) is 0 Å². The number of pyridine rings is 1. The Labute approximate surface area is 219 Å². The maximum atomic E-state index is 12.4. The van der Waals surface area contributed by atoms with Gasteiger partial charge < -0.3 is 24.7 Å². The van der Waals surface area contributed by atoms with Crippen molar-refractivity contribution in [3.63, 3.8) is 0 Å². The molecule has 6 heterocycles. The van der Waals surface area contributed by atoms with Crippen LogP contribution in [0.2, 0.25) is 0 Å². The summed E-state index contributed by atoms with van der Waals surface area (Å²) in [7, 11) is 3.79. The number of likely N-dealkylation sites (N-methyl/N-ethyl adjacent to an activating group) is 1. The van der Waals surface area contributed by atoms with Gasteiger partial charge in [-0.1, -0.05) is 11.2 Å². The maximum Gasteiger partial charge on any atom is 0.262 e. The normalized spacial score (nSPS) is 20.8. The highest BCUT2D eigenvalue weighted by Crippen LogP contribution is 2.34. The van der Waals surface area contributed by atoms with Crippen LogP contribution in [0, 0.1) is 0 Å². The first-order valence-electron chi connectivity index (χ1n) is 12.6.